The summed E-state index contributed by atoms with van der Waals surface area (Å²) in [5.74, 6) is 1.11. The van der Waals surface area contributed by atoms with Gasteiger partial charge in [-0.1, -0.05) is 12.8 Å². The molecule has 0 bridgehead atoms. The van der Waals surface area contributed by atoms with Gasteiger partial charge in [-0.2, -0.15) is 0 Å². The Labute approximate surface area is 186 Å². The van der Waals surface area contributed by atoms with Gasteiger partial charge in [0.2, 0.25) is 0 Å². The topological polar surface area (TPSA) is 59.5 Å². The van der Waals surface area contributed by atoms with Crippen molar-refractivity contribution in [2.24, 2.45) is 0 Å². The van der Waals surface area contributed by atoms with Gasteiger partial charge in [-0.3, -0.25) is 9.55 Å². The molecule has 1 unspecified atom stereocenters. The minimum absolute atomic E-state index is 0.0332. The highest BCUT2D eigenvalue weighted by atomic mass is 32.2. The van der Waals surface area contributed by atoms with E-state index in [0.29, 0.717) is 13.1 Å². The van der Waals surface area contributed by atoms with Crippen LogP contribution in [0, 0.1) is 5.21 Å². The van der Waals surface area contributed by atoms with E-state index in [4.69, 9.17) is 0 Å². The molecule has 1 atom stereocenters. The van der Waals surface area contributed by atoms with Crippen molar-refractivity contribution >= 4 is 44.2 Å². The maximum atomic E-state index is 13.1. The molecule has 1 saturated carbocycles. The maximum Gasteiger partial charge on any atom is 0.375 e. The van der Waals surface area contributed by atoms with Gasteiger partial charge in [-0.05, 0) is 61.5 Å². The molecule has 3 fully saturated rings. The van der Waals surface area contributed by atoms with Crippen molar-refractivity contribution in [1.82, 2.24) is 9.88 Å². The van der Waals surface area contributed by atoms with Gasteiger partial charge in [-0.15, -0.1) is 11.3 Å². The average Bonchev–Trinajstić information content (AvgIpc) is 3.46. The molecule has 0 radical (unpaired) electrons. The molecular weight excluding hydrogens is 416 g/mol. The summed E-state index contributed by atoms with van der Waals surface area (Å²) in [5.41, 5.74) is 0. The Balaban J connectivity index is 1.07. The van der Waals surface area contributed by atoms with Gasteiger partial charge >= 0.3 is 5.24 Å². The lowest BCUT2D eigenvalue weighted by Gasteiger charge is -2.37. The number of unbranched alkanes of at least 4 members (excludes halogenated alkanes) is 1. The Morgan fingerprint density at radius 2 is 1.93 bits per heavy atom. The first-order valence-corrected chi connectivity index (χ1v) is 12.9. The van der Waals surface area contributed by atoms with Gasteiger partial charge in [-0.25, -0.2) is 9.78 Å². The van der Waals surface area contributed by atoms with Crippen LogP contribution in [0.15, 0.2) is 23.7 Å². The SMILES string of the molecule is O=C1SC2(CCCC2)C[N+]1([O-])CCCCN1CCN(c2nccc3sccc23)CC1. The third-order valence-electron chi connectivity index (χ3n) is 6.97. The number of pyridine rings is 1. The number of rotatable bonds is 6. The van der Waals surface area contributed by atoms with Crippen molar-refractivity contribution in [1.29, 1.82) is 0 Å². The summed E-state index contributed by atoms with van der Waals surface area (Å²) in [6, 6.07) is 4.26. The summed E-state index contributed by atoms with van der Waals surface area (Å²) < 4.78 is 0.676. The normalized spacial score (nSPS) is 27.0. The van der Waals surface area contributed by atoms with E-state index in [1.807, 2.05) is 6.20 Å². The number of thioether (sulfide) groups is 1. The molecule has 4 heterocycles. The third kappa shape index (κ3) is 4.00. The van der Waals surface area contributed by atoms with Crippen LogP contribution in [-0.4, -0.2) is 70.3 Å². The van der Waals surface area contributed by atoms with Crippen LogP contribution in [0.1, 0.15) is 38.5 Å². The molecule has 30 heavy (non-hydrogen) atoms. The maximum absolute atomic E-state index is 13.1. The van der Waals surface area contributed by atoms with Crippen LogP contribution in [-0.2, 0) is 0 Å². The Kier molecular flexibility index (Phi) is 5.79. The number of hydrogen-bond donors (Lipinski definition) is 0. The van der Waals surface area contributed by atoms with E-state index in [2.05, 4.69) is 32.3 Å². The number of carbonyl (C=O) groups is 1. The van der Waals surface area contributed by atoms with Crippen molar-refractivity contribution in [3.05, 3.63) is 28.9 Å². The minimum atomic E-state index is -0.589. The van der Waals surface area contributed by atoms with Gasteiger partial charge in [0, 0.05) is 42.5 Å². The lowest BCUT2D eigenvalue weighted by atomic mass is 10.1. The molecule has 8 heteroatoms. The molecule has 1 amide bonds. The standard InChI is InChI=1S/C22H30N4O2S2/c27-21-26(28,17-22(30-21)7-1-2-8-22)15-4-3-10-24-11-13-25(14-12-24)20-18-6-16-29-19(18)5-9-23-20/h5-6,9,16H,1-4,7-8,10-15,17H2. The fourth-order valence-electron chi connectivity index (χ4n) is 5.30. The average molecular weight is 447 g/mol. The van der Waals surface area contributed by atoms with Crippen molar-refractivity contribution in [3.8, 4) is 0 Å². The first-order valence-electron chi connectivity index (χ1n) is 11.2. The van der Waals surface area contributed by atoms with Gasteiger partial charge in [0.05, 0.1) is 11.3 Å². The highest BCUT2D eigenvalue weighted by Crippen LogP contribution is 2.50. The first kappa shape index (κ1) is 20.7. The van der Waals surface area contributed by atoms with E-state index in [-0.39, 0.29) is 9.99 Å². The largest absolute Gasteiger partial charge is 0.625 e. The Bertz CT molecular complexity index is 905. The summed E-state index contributed by atoms with van der Waals surface area (Å²) in [7, 11) is 0. The summed E-state index contributed by atoms with van der Waals surface area (Å²) in [6.45, 7) is 6.00. The quantitative estimate of drug-likeness (QED) is 0.364. The first-order chi connectivity index (χ1) is 14.6. The molecule has 2 aromatic heterocycles. The number of fused-ring (bicyclic) bond motifs is 1. The van der Waals surface area contributed by atoms with E-state index in [0.717, 1.165) is 64.2 Å². The highest BCUT2D eigenvalue weighted by molar-refractivity contribution is 8.14. The molecular formula is C22H30N4O2S2. The fourth-order valence-corrected chi connectivity index (χ4v) is 7.53. The molecule has 1 spiro atoms. The smallest absolute Gasteiger partial charge is 0.375 e. The number of nitrogens with zero attached hydrogens (tertiary/aromatic N) is 4. The number of piperazine rings is 1. The van der Waals surface area contributed by atoms with Crippen LogP contribution in [0.2, 0.25) is 0 Å². The lowest BCUT2D eigenvalue weighted by Crippen LogP contribution is -2.47. The molecule has 6 nitrogen and oxygen atoms in total. The number of quaternary nitrogens is 1. The minimum Gasteiger partial charge on any atom is -0.625 e. The van der Waals surface area contributed by atoms with E-state index in [1.54, 1.807) is 11.3 Å². The number of hydroxylamine groups is 3. The molecule has 0 aromatic carbocycles. The van der Waals surface area contributed by atoms with Crippen LogP contribution in [0.4, 0.5) is 10.6 Å². The van der Waals surface area contributed by atoms with E-state index in [9.17, 15) is 10.0 Å². The highest BCUT2D eigenvalue weighted by Gasteiger charge is 2.53. The number of aromatic nitrogens is 1. The molecule has 3 aliphatic rings. The van der Waals surface area contributed by atoms with Crippen LogP contribution in [0.5, 0.6) is 0 Å². The number of hydrogen-bond acceptors (Lipinski definition) is 7. The zero-order valence-electron chi connectivity index (χ0n) is 17.4. The van der Waals surface area contributed by atoms with Crippen LogP contribution >= 0.6 is 23.1 Å². The van der Waals surface area contributed by atoms with Crippen LogP contribution < -0.4 is 4.90 Å². The predicted molar refractivity (Wildman–Crippen MR) is 125 cm³/mol. The Morgan fingerprint density at radius 3 is 2.73 bits per heavy atom. The summed E-state index contributed by atoms with van der Waals surface area (Å²) in [6.07, 6.45) is 8.17. The summed E-state index contributed by atoms with van der Waals surface area (Å²) in [5, 5.41) is 16.3. The predicted octanol–water partition coefficient (Wildman–Crippen LogP) is 4.69. The van der Waals surface area contributed by atoms with Crippen molar-refractivity contribution in [2.75, 3.05) is 50.7 Å². The molecule has 162 valence electrons. The molecule has 2 aliphatic heterocycles. The van der Waals surface area contributed by atoms with Gasteiger partial charge in [0.15, 0.2) is 0 Å². The number of amides is 1. The lowest BCUT2D eigenvalue weighted by molar-refractivity contribution is -0.791. The zero-order valence-corrected chi connectivity index (χ0v) is 19.1. The molecule has 2 aromatic rings. The number of carbonyl (C=O) groups excluding carboxylic acids is 1. The number of thiophene rings is 1. The van der Waals surface area contributed by atoms with E-state index >= 15 is 0 Å². The second-order valence-electron chi connectivity index (χ2n) is 9.03. The summed E-state index contributed by atoms with van der Waals surface area (Å²) in [4.78, 5) is 21.9. The second kappa shape index (κ2) is 8.39. The third-order valence-corrected chi connectivity index (χ3v) is 9.33. The fraction of sp³-hybridized carbons (Fsp3) is 0.636. The van der Waals surface area contributed by atoms with Gasteiger partial charge in [0.25, 0.3) is 0 Å². The van der Waals surface area contributed by atoms with Crippen molar-refractivity contribution in [2.45, 2.75) is 43.3 Å². The monoisotopic (exact) mass is 446 g/mol. The molecule has 1 aliphatic carbocycles. The van der Waals surface area contributed by atoms with E-state index in [1.165, 1.54) is 34.7 Å². The van der Waals surface area contributed by atoms with Crippen LogP contribution in [0.25, 0.3) is 10.1 Å². The van der Waals surface area contributed by atoms with Crippen molar-refractivity contribution < 1.29 is 9.44 Å². The van der Waals surface area contributed by atoms with Gasteiger partial charge < -0.3 is 10.1 Å². The van der Waals surface area contributed by atoms with Gasteiger partial charge in [0.1, 0.15) is 12.4 Å². The van der Waals surface area contributed by atoms with Crippen LogP contribution in [0.3, 0.4) is 0 Å². The zero-order chi connectivity index (χ0) is 20.6. The van der Waals surface area contributed by atoms with Crippen molar-refractivity contribution in [3.63, 3.8) is 0 Å². The Hall–Kier alpha value is -1.19. The Morgan fingerprint density at radius 1 is 1.13 bits per heavy atom. The molecule has 0 N–H and O–H groups in total. The number of anilines is 1. The van der Waals surface area contributed by atoms with E-state index < -0.39 is 4.65 Å². The second-order valence-corrected chi connectivity index (χ2v) is 11.4. The molecule has 2 saturated heterocycles. The summed E-state index contributed by atoms with van der Waals surface area (Å²) >= 11 is 3.13. The molecule has 5 rings (SSSR count).